The highest BCUT2D eigenvalue weighted by Crippen LogP contribution is 2.24. The minimum atomic E-state index is -3.65. The van der Waals surface area contributed by atoms with E-state index in [2.05, 4.69) is 5.32 Å². The number of hydrogen-bond acceptors (Lipinski definition) is 4. The molecule has 0 saturated heterocycles. The monoisotopic (exact) mass is 446 g/mol. The standard InChI is InChI=1S/C25H22N2O4S/c1-27(32(29,30)24-9-3-2-4-10-24)22-13-15-23(16-14-22)31-18-25(28)26-21-12-11-19-7-5-6-8-20(19)17-21/h2-17H,18H2,1H3,(H,26,28). The Balaban J connectivity index is 1.36. The molecule has 0 radical (unpaired) electrons. The van der Waals surface area contributed by atoms with E-state index >= 15 is 0 Å². The number of nitrogens with one attached hydrogen (secondary N) is 1. The molecule has 1 amide bonds. The van der Waals surface area contributed by atoms with E-state index in [1.165, 1.54) is 11.4 Å². The van der Waals surface area contributed by atoms with Crippen LogP contribution in [-0.2, 0) is 14.8 Å². The van der Waals surface area contributed by atoms with Crippen LogP contribution in [0.3, 0.4) is 0 Å². The Bertz CT molecular complexity index is 1340. The largest absolute Gasteiger partial charge is 0.484 e. The predicted molar refractivity (Wildman–Crippen MR) is 127 cm³/mol. The highest BCUT2D eigenvalue weighted by Gasteiger charge is 2.20. The van der Waals surface area contributed by atoms with Gasteiger partial charge in [0, 0.05) is 12.7 Å². The van der Waals surface area contributed by atoms with Gasteiger partial charge in [-0.15, -0.1) is 0 Å². The SMILES string of the molecule is CN(c1ccc(OCC(=O)Nc2ccc3ccccc3c2)cc1)S(=O)(=O)c1ccccc1. The van der Waals surface area contributed by atoms with Gasteiger partial charge in [-0.1, -0.05) is 48.5 Å². The van der Waals surface area contributed by atoms with Crippen LogP contribution in [-0.4, -0.2) is 28.0 Å². The van der Waals surface area contributed by atoms with Crippen molar-refractivity contribution < 1.29 is 17.9 Å². The minimum absolute atomic E-state index is 0.162. The second-order valence-corrected chi connectivity index (χ2v) is 9.15. The summed E-state index contributed by atoms with van der Waals surface area (Å²) >= 11 is 0. The summed E-state index contributed by atoms with van der Waals surface area (Å²) in [6, 6.07) is 28.4. The third kappa shape index (κ3) is 4.73. The third-order valence-electron chi connectivity index (χ3n) is 5.01. The first-order chi connectivity index (χ1) is 15.4. The van der Waals surface area contributed by atoms with Crippen LogP contribution in [0, 0.1) is 0 Å². The first-order valence-corrected chi connectivity index (χ1v) is 11.4. The fraction of sp³-hybridized carbons (Fsp3) is 0.0800. The van der Waals surface area contributed by atoms with Crippen molar-refractivity contribution in [1.82, 2.24) is 0 Å². The van der Waals surface area contributed by atoms with E-state index in [-0.39, 0.29) is 17.4 Å². The molecule has 0 aliphatic heterocycles. The predicted octanol–water partition coefficient (Wildman–Crippen LogP) is 4.68. The zero-order chi connectivity index (χ0) is 22.6. The van der Waals surface area contributed by atoms with E-state index in [9.17, 15) is 13.2 Å². The molecule has 1 N–H and O–H groups in total. The topological polar surface area (TPSA) is 75.7 Å². The molecule has 4 aromatic carbocycles. The number of hydrogen-bond donors (Lipinski definition) is 1. The number of rotatable bonds is 7. The average Bonchev–Trinajstić information content (AvgIpc) is 2.83. The highest BCUT2D eigenvalue weighted by molar-refractivity contribution is 7.92. The summed E-state index contributed by atoms with van der Waals surface area (Å²) in [6.07, 6.45) is 0. The van der Waals surface area contributed by atoms with Gasteiger partial charge in [-0.3, -0.25) is 9.10 Å². The molecule has 0 aliphatic rings. The smallest absolute Gasteiger partial charge is 0.264 e. The van der Waals surface area contributed by atoms with Crippen molar-refractivity contribution in [2.75, 3.05) is 23.3 Å². The zero-order valence-electron chi connectivity index (χ0n) is 17.4. The highest BCUT2D eigenvalue weighted by atomic mass is 32.2. The molecule has 6 nitrogen and oxygen atoms in total. The molecular formula is C25H22N2O4S. The second-order valence-electron chi connectivity index (χ2n) is 7.18. The molecule has 7 heteroatoms. The fourth-order valence-electron chi connectivity index (χ4n) is 3.25. The van der Waals surface area contributed by atoms with Crippen LogP contribution in [0.1, 0.15) is 0 Å². The van der Waals surface area contributed by atoms with E-state index in [0.29, 0.717) is 17.1 Å². The Labute approximate surface area is 187 Å². The van der Waals surface area contributed by atoms with Crippen molar-refractivity contribution in [3.8, 4) is 5.75 Å². The van der Waals surface area contributed by atoms with Crippen LogP contribution in [0.15, 0.2) is 102 Å². The summed E-state index contributed by atoms with van der Waals surface area (Å²) in [5.74, 6) is 0.182. The molecule has 0 bridgehead atoms. The van der Waals surface area contributed by atoms with Gasteiger partial charge < -0.3 is 10.1 Å². The lowest BCUT2D eigenvalue weighted by molar-refractivity contribution is -0.118. The number of benzene rings is 4. The molecule has 0 unspecified atom stereocenters. The van der Waals surface area contributed by atoms with Gasteiger partial charge in [0.15, 0.2) is 6.61 Å². The van der Waals surface area contributed by atoms with Gasteiger partial charge in [0.2, 0.25) is 0 Å². The number of fused-ring (bicyclic) bond motifs is 1. The lowest BCUT2D eigenvalue weighted by atomic mass is 10.1. The van der Waals surface area contributed by atoms with E-state index in [1.54, 1.807) is 54.6 Å². The zero-order valence-corrected chi connectivity index (χ0v) is 18.2. The van der Waals surface area contributed by atoms with Gasteiger partial charge >= 0.3 is 0 Å². The Morgan fingerprint density at radius 2 is 1.50 bits per heavy atom. The van der Waals surface area contributed by atoms with Crippen LogP contribution < -0.4 is 14.4 Å². The van der Waals surface area contributed by atoms with Crippen molar-refractivity contribution in [2.24, 2.45) is 0 Å². The molecule has 4 rings (SSSR count). The normalized spacial score (nSPS) is 11.2. The number of carbonyl (C=O) groups is 1. The number of nitrogens with zero attached hydrogens (tertiary/aromatic N) is 1. The lowest BCUT2D eigenvalue weighted by Crippen LogP contribution is -2.26. The molecule has 0 aromatic heterocycles. The molecule has 32 heavy (non-hydrogen) atoms. The summed E-state index contributed by atoms with van der Waals surface area (Å²) in [5.41, 5.74) is 1.18. The summed E-state index contributed by atoms with van der Waals surface area (Å²) in [5, 5.41) is 4.96. The van der Waals surface area contributed by atoms with Crippen LogP contribution in [0.4, 0.5) is 11.4 Å². The quantitative estimate of drug-likeness (QED) is 0.447. The molecule has 162 valence electrons. The Morgan fingerprint density at radius 1 is 0.844 bits per heavy atom. The molecule has 0 spiro atoms. The van der Waals surface area contributed by atoms with Gasteiger partial charge in [-0.2, -0.15) is 0 Å². The second kappa shape index (κ2) is 9.11. The molecule has 0 heterocycles. The van der Waals surface area contributed by atoms with E-state index in [1.807, 2.05) is 42.5 Å². The van der Waals surface area contributed by atoms with E-state index in [0.717, 1.165) is 10.8 Å². The van der Waals surface area contributed by atoms with Crippen LogP contribution in [0.5, 0.6) is 5.75 Å². The van der Waals surface area contributed by atoms with Gasteiger partial charge in [0.25, 0.3) is 15.9 Å². The first kappa shape index (κ1) is 21.4. The van der Waals surface area contributed by atoms with Crippen molar-refractivity contribution in [2.45, 2.75) is 4.90 Å². The van der Waals surface area contributed by atoms with Gasteiger partial charge in [-0.25, -0.2) is 8.42 Å². The van der Waals surface area contributed by atoms with Gasteiger partial charge in [-0.05, 0) is 59.3 Å². The number of ether oxygens (including phenoxy) is 1. The van der Waals surface area contributed by atoms with Crippen molar-refractivity contribution in [3.05, 3.63) is 97.1 Å². The molecule has 0 aliphatic carbocycles. The summed E-state index contributed by atoms with van der Waals surface area (Å²) in [7, 11) is -2.16. The molecule has 0 fully saturated rings. The number of anilines is 2. The van der Waals surface area contributed by atoms with Gasteiger partial charge in [0.1, 0.15) is 5.75 Å². The number of carbonyl (C=O) groups excluding carboxylic acids is 1. The van der Waals surface area contributed by atoms with Crippen molar-refractivity contribution in [3.63, 3.8) is 0 Å². The third-order valence-corrected chi connectivity index (χ3v) is 6.80. The molecule has 0 atom stereocenters. The fourth-order valence-corrected chi connectivity index (χ4v) is 4.47. The van der Waals surface area contributed by atoms with Crippen molar-refractivity contribution in [1.29, 1.82) is 0 Å². The molecule has 0 saturated carbocycles. The number of amides is 1. The summed E-state index contributed by atoms with van der Waals surface area (Å²) in [4.78, 5) is 12.5. The van der Waals surface area contributed by atoms with E-state index < -0.39 is 10.0 Å². The Kier molecular flexibility index (Phi) is 6.09. The maximum absolute atomic E-state index is 12.7. The van der Waals surface area contributed by atoms with Crippen LogP contribution >= 0.6 is 0 Å². The summed E-state index contributed by atoms with van der Waals surface area (Å²) < 4.78 is 32.2. The average molecular weight is 447 g/mol. The Hall–Kier alpha value is -3.84. The summed E-state index contributed by atoms with van der Waals surface area (Å²) in [6.45, 7) is -0.162. The lowest BCUT2D eigenvalue weighted by Gasteiger charge is -2.19. The first-order valence-electron chi connectivity index (χ1n) is 9.99. The van der Waals surface area contributed by atoms with Crippen LogP contribution in [0.2, 0.25) is 0 Å². The van der Waals surface area contributed by atoms with E-state index in [4.69, 9.17) is 4.74 Å². The van der Waals surface area contributed by atoms with Crippen LogP contribution in [0.25, 0.3) is 10.8 Å². The maximum Gasteiger partial charge on any atom is 0.264 e. The molecular weight excluding hydrogens is 424 g/mol. The Morgan fingerprint density at radius 3 is 2.22 bits per heavy atom. The molecule has 4 aromatic rings. The maximum atomic E-state index is 12.7. The minimum Gasteiger partial charge on any atom is -0.484 e. The van der Waals surface area contributed by atoms with Crippen molar-refractivity contribution >= 4 is 38.1 Å². The number of sulfonamides is 1. The van der Waals surface area contributed by atoms with Gasteiger partial charge in [0.05, 0.1) is 10.6 Å².